The second kappa shape index (κ2) is 5.83. The lowest BCUT2D eigenvalue weighted by Crippen LogP contribution is -2.49. The maximum absolute atomic E-state index is 8.67. The van der Waals surface area contributed by atoms with E-state index >= 15 is 0 Å². The summed E-state index contributed by atoms with van der Waals surface area (Å²) in [7, 11) is 0. The van der Waals surface area contributed by atoms with Crippen molar-refractivity contribution in [3.63, 3.8) is 0 Å². The van der Waals surface area contributed by atoms with E-state index in [2.05, 4.69) is 38.8 Å². The van der Waals surface area contributed by atoms with Crippen LogP contribution in [0.3, 0.4) is 0 Å². The molecule has 0 spiro atoms. The van der Waals surface area contributed by atoms with E-state index in [1.807, 2.05) is 0 Å². The minimum Gasteiger partial charge on any atom is -0.409 e. The van der Waals surface area contributed by atoms with Crippen LogP contribution in [0.15, 0.2) is 17.4 Å². The van der Waals surface area contributed by atoms with Crippen LogP contribution in [-0.2, 0) is 0 Å². The first kappa shape index (κ1) is 13.5. The number of oxime groups is 1. The van der Waals surface area contributed by atoms with Gasteiger partial charge in [-0.25, -0.2) is 9.97 Å². The first-order chi connectivity index (χ1) is 9.11. The molecule has 2 rings (SSSR count). The third-order valence-electron chi connectivity index (χ3n) is 3.34. The van der Waals surface area contributed by atoms with Crippen molar-refractivity contribution < 1.29 is 5.21 Å². The van der Waals surface area contributed by atoms with Gasteiger partial charge < -0.3 is 15.8 Å². The predicted molar refractivity (Wildman–Crippen MR) is 73.5 cm³/mol. The van der Waals surface area contributed by atoms with Gasteiger partial charge in [0, 0.05) is 38.4 Å². The molecule has 1 aliphatic rings. The first-order valence-corrected chi connectivity index (χ1v) is 6.41. The highest BCUT2D eigenvalue weighted by Crippen LogP contribution is 2.12. The van der Waals surface area contributed by atoms with Crippen molar-refractivity contribution in [2.75, 3.05) is 31.1 Å². The highest BCUT2D eigenvalue weighted by atomic mass is 16.4. The van der Waals surface area contributed by atoms with Crippen LogP contribution in [0, 0.1) is 0 Å². The quantitative estimate of drug-likeness (QED) is 0.348. The van der Waals surface area contributed by atoms with Gasteiger partial charge in [0.2, 0.25) is 5.95 Å². The number of anilines is 1. The van der Waals surface area contributed by atoms with Crippen molar-refractivity contribution in [3.8, 4) is 0 Å². The van der Waals surface area contributed by atoms with E-state index in [4.69, 9.17) is 10.9 Å². The molecule has 1 aromatic heterocycles. The average molecular weight is 264 g/mol. The Labute approximate surface area is 112 Å². The summed E-state index contributed by atoms with van der Waals surface area (Å²) in [6, 6.07) is 2.19. The summed E-state index contributed by atoms with van der Waals surface area (Å²) in [5.41, 5.74) is 5.98. The van der Waals surface area contributed by atoms with Crippen molar-refractivity contribution in [1.29, 1.82) is 0 Å². The van der Waals surface area contributed by atoms with Gasteiger partial charge >= 0.3 is 0 Å². The summed E-state index contributed by atoms with van der Waals surface area (Å²) >= 11 is 0. The van der Waals surface area contributed by atoms with Gasteiger partial charge in [-0.15, -0.1) is 0 Å². The van der Waals surface area contributed by atoms with Crippen molar-refractivity contribution in [2.45, 2.75) is 19.9 Å². The van der Waals surface area contributed by atoms with Gasteiger partial charge in [-0.2, -0.15) is 0 Å². The molecule has 0 aromatic carbocycles. The van der Waals surface area contributed by atoms with Crippen LogP contribution in [0.4, 0.5) is 5.95 Å². The predicted octanol–water partition coefficient (Wildman–Crippen LogP) is 0.102. The van der Waals surface area contributed by atoms with E-state index in [-0.39, 0.29) is 5.84 Å². The van der Waals surface area contributed by atoms with Gasteiger partial charge in [0.1, 0.15) is 5.69 Å². The molecule has 1 aliphatic heterocycles. The number of hydrogen-bond donors (Lipinski definition) is 2. The fraction of sp³-hybridized carbons (Fsp3) is 0.583. The third kappa shape index (κ3) is 3.11. The Kier molecular flexibility index (Phi) is 4.16. The Morgan fingerprint density at radius 2 is 2.05 bits per heavy atom. The van der Waals surface area contributed by atoms with E-state index in [1.54, 1.807) is 12.3 Å². The summed E-state index contributed by atoms with van der Waals surface area (Å²) in [4.78, 5) is 13.1. The van der Waals surface area contributed by atoms with Gasteiger partial charge in [0.15, 0.2) is 5.84 Å². The van der Waals surface area contributed by atoms with E-state index in [0.717, 1.165) is 26.2 Å². The molecule has 0 aliphatic carbocycles. The smallest absolute Gasteiger partial charge is 0.226 e. The van der Waals surface area contributed by atoms with Crippen LogP contribution in [0.2, 0.25) is 0 Å². The SMILES string of the molecule is CC(C)N1CCN(c2nccc(/C(N)=N/O)n2)CC1. The molecule has 0 amide bonds. The zero-order chi connectivity index (χ0) is 13.8. The molecule has 0 saturated carbocycles. The van der Waals surface area contributed by atoms with Crippen LogP contribution >= 0.6 is 0 Å². The molecule has 2 heterocycles. The molecule has 7 heteroatoms. The van der Waals surface area contributed by atoms with E-state index in [0.29, 0.717) is 17.7 Å². The number of aromatic nitrogens is 2. The van der Waals surface area contributed by atoms with Crippen LogP contribution in [0.1, 0.15) is 19.5 Å². The highest BCUT2D eigenvalue weighted by molar-refractivity contribution is 5.95. The second-order valence-corrected chi connectivity index (χ2v) is 4.84. The minimum atomic E-state index is 0.00414. The first-order valence-electron chi connectivity index (χ1n) is 6.41. The van der Waals surface area contributed by atoms with Gasteiger partial charge in [-0.05, 0) is 19.9 Å². The number of nitrogens with two attached hydrogens (primary N) is 1. The van der Waals surface area contributed by atoms with Crippen molar-refractivity contribution in [1.82, 2.24) is 14.9 Å². The van der Waals surface area contributed by atoms with Crippen LogP contribution in [-0.4, -0.2) is 58.1 Å². The lowest BCUT2D eigenvalue weighted by atomic mass is 10.2. The van der Waals surface area contributed by atoms with Crippen molar-refractivity contribution in [2.24, 2.45) is 10.9 Å². The standard InChI is InChI=1S/C12H20N6O/c1-9(2)17-5-7-18(8-6-17)12-14-4-3-10(15-12)11(13)16-19/h3-4,9,19H,5-8H2,1-2H3,(H2,13,16). The average Bonchev–Trinajstić information content (AvgIpc) is 2.46. The Bertz CT molecular complexity index is 453. The monoisotopic (exact) mass is 264 g/mol. The fourth-order valence-electron chi connectivity index (χ4n) is 2.13. The van der Waals surface area contributed by atoms with Crippen molar-refractivity contribution in [3.05, 3.63) is 18.0 Å². The topological polar surface area (TPSA) is 90.9 Å². The van der Waals surface area contributed by atoms with E-state index in [9.17, 15) is 0 Å². The summed E-state index contributed by atoms with van der Waals surface area (Å²) in [5, 5.41) is 11.6. The van der Waals surface area contributed by atoms with Crippen LogP contribution in [0.25, 0.3) is 0 Å². The molecule has 3 N–H and O–H groups in total. The number of amidine groups is 1. The number of piperazine rings is 1. The summed E-state index contributed by atoms with van der Waals surface area (Å²) in [6.07, 6.45) is 1.63. The van der Waals surface area contributed by atoms with Gasteiger partial charge in [-0.3, -0.25) is 4.90 Å². The Balaban J connectivity index is 2.07. The van der Waals surface area contributed by atoms with Gasteiger partial charge in [0.25, 0.3) is 0 Å². The maximum Gasteiger partial charge on any atom is 0.226 e. The number of nitrogens with zero attached hydrogens (tertiary/aromatic N) is 5. The van der Waals surface area contributed by atoms with E-state index < -0.39 is 0 Å². The molecule has 0 atom stereocenters. The molecule has 7 nitrogen and oxygen atoms in total. The molecule has 0 unspecified atom stereocenters. The van der Waals surface area contributed by atoms with Gasteiger partial charge in [0.05, 0.1) is 0 Å². The largest absolute Gasteiger partial charge is 0.409 e. The molecular weight excluding hydrogens is 244 g/mol. The summed E-state index contributed by atoms with van der Waals surface area (Å²) in [5.74, 6) is 0.636. The zero-order valence-electron chi connectivity index (χ0n) is 11.3. The zero-order valence-corrected chi connectivity index (χ0v) is 11.3. The van der Waals surface area contributed by atoms with E-state index in [1.165, 1.54) is 0 Å². The molecule has 0 radical (unpaired) electrons. The highest BCUT2D eigenvalue weighted by Gasteiger charge is 2.20. The maximum atomic E-state index is 8.67. The Morgan fingerprint density at radius 3 is 2.63 bits per heavy atom. The molecule has 1 fully saturated rings. The molecule has 19 heavy (non-hydrogen) atoms. The Hall–Kier alpha value is -1.89. The van der Waals surface area contributed by atoms with Crippen LogP contribution in [0.5, 0.6) is 0 Å². The number of hydrogen-bond acceptors (Lipinski definition) is 6. The molecule has 0 bridgehead atoms. The molecule has 1 saturated heterocycles. The molecule has 104 valence electrons. The number of rotatable bonds is 3. The van der Waals surface area contributed by atoms with Crippen molar-refractivity contribution >= 4 is 11.8 Å². The molecule has 1 aromatic rings. The summed E-state index contributed by atoms with van der Waals surface area (Å²) in [6.45, 7) is 8.16. The third-order valence-corrected chi connectivity index (χ3v) is 3.34. The normalized spacial score (nSPS) is 18.1. The van der Waals surface area contributed by atoms with Gasteiger partial charge in [-0.1, -0.05) is 5.16 Å². The lowest BCUT2D eigenvalue weighted by Gasteiger charge is -2.36. The summed E-state index contributed by atoms with van der Waals surface area (Å²) < 4.78 is 0. The minimum absolute atomic E-state index is 0.00414. The second-order valence-electron chi connectivity index (χ2n) is 4.84. The van der Waals surface area contributed by atoms with Crippen LogP contribution < -0.4 is 10.6 Å². The molecular formula is C12H20N6O. The fourth-order valence-corrected chi connectivity index (χ4v) is 2.13. The Morgan fingerprint density at radius 1 is 1.37 bits per heavy atom. The lowest BCUT2D eigenvalue weighted by molar-refractivity contribution is 0.208.